The van der Waals surface area contributed by atoms with Gasteiger partial charge in [-0.1, -0.05) is 6.07 Å². The fourth-order valence-electron chi connectivity index (χ4n) is 3.21. The van der Waals surface area contributed by atoms with Crippen LogP contribution >= 0.6 is 0 Å². The maximum Gasteiger partial charge on any atom is 0.328 e. The first kappa shape index (κ1) is 16.3. The Balaban J connectivity index is 2.23. The molecule has 3 rings (SSSR count). The standard InChI is InChI=1S/C15H14N2O6S/c1-15(2)11(14(20)21)17-12(19)10(13(17)24(15,22)23)8(7-18)9-5-3-4-6-16-9/h3-7,11,13H,1-2H3,(H,20,21)/t11-,13+/m0/s1. The summed E-state index contributed by atoms with van der Waals surface area (Å²) in [5.74, 6) is -2.17. The van der Waals surface area contributed by atoms with Gasteiger partial charge in [-0.3, -0.25) is 14.6 Å². The fraction of sp³-hybridized carbons (Fsp3) is 0.333. The number of β-lactam (4-membered cyclic amide) rings is 1. The molecule has 2 saturated heterocycles. The van der Waals surface area contributed by atoms with E-state index in [9.17, 15) is 27.9 Å². The highest BCUT2D eigenvalue weighted by Gasteiger charge is 2.70. The molecule has 0 aromatic carbocycles. The number of allylic oxidation sites excluding steroid dienone is 1. The number of rotatable bonds is 3. The molecule has 2 fully saturated rings. The smallest absolute Gasteiger partial charge is 0.328 e. The average molecular weight is 350 g/mol. The lowest BCUT2D eigenvalue weighted by molar-refractivity contribution is -0.152. The molecule has 1 N–H and O–H groups in total. The Morgan fingerprint density at radius 2 is 2.04 bits per heavy atom. The molecule has 1 amide bonds. The van der Waals surface area contributed by atoms with Gasteiger partial charge in [0, 0.05) is 6.20 Å². The number of pyridine rings is 1. The first-order valence-corrected chi connectivity index (χ1v) is 8.60. The average Bonchev–Trinajstić information content (AvgIpc) is 2.67. The third-order valence-electron chi connectivity index (χ3n) is 4.51. The predicted molar refractivity (Wildman–Crippen MR) is 82.3 cm³/mol. The lowest BCUT2D eigenvalue weighted by Gasteiger charge is -2.38. The third-order valence-corrected chi connectivity index (χ3v) is 7.25. The van der Waals surface area contributed by atoms with Crippen LogP contribution in [0.25, 0.3) is 5.57 Å². The number of aldehydes is 1. The minimum Gasteiger partial charge on any atom is -0.480 e. The van der Waals surface area contributed by atoms with Crippen LogP contribution in [0.3, 0.4) is 0 Å². The molecule has 0 radical (unpaired) electrons. The molecule has 9 heteroatoms. The van der Waals surface area contributed by atoms with E-state index in [1.807, 2.05) is 0 Å². The van der Waals surface area contributed by atoms with Gasteiger partial charge in [0.1, 0.15) is 4.75 Å². The minimum atomic E-state index is -4.03. The van der Waals surface area contributed by atoms with Crippen LogP contribution in [-0.4, -0.2) is 57.7 Å². The second kappa shape index (κ2) is 4.97. The van der Waals surface area contributed by atoms with E-state index in [-0.39, 0.29) is 16.8 Å². The molecule has 3 heterocycles. The summed E-state index contributed by atoms with van der Waals surface area (Å²) in [5, 5.41) is 7.92. The second-order valence-corrected chi connectivity index (χ2v) is 8.70. The van der Waals surface area contributed by atoms with E-state index in [1.54, 1.807) is 12.1 Å². The molecule has 0 spiro atoms. The number of nitrogens with zero attached hydrogens (tertiary/aromatic N) is 2. The van der Waals surface area contributed by atoms with Gasteiger partial charge in [0.05, 0.1) is 16.8 Å². The summed E-state index contributed by atoms with van der Waals surface area (Å²) in [6.07, 6.45) is 1.79. The maximum absolute atomic E-state index is 12.8. The van der Waals surface area contributed by atoms with Crippen LogP contribution in [0.2, 0.25) is 0 Å². The number of carbonyl (C=O) groups is 3. The number of carboxylic acid groups (broad SMARTS) is 1. The zero-order chi connectivity index (χ0) is 17.9. The van der Waals surface area contributed by atoms with Gasteiger partial charge >= 0.3 is 5.97 Å². The van der Waals surface area contributed by atoms with Crippen LogP contribution in [0, 0.1) is 0 Å². The summed E-state index contributed by atoms with van der Waals surface area (Å²) in [7, 11) is -4.03. The van der Waals surface area contributed by atoms with Crippen LogP contribution in [0.1, 0.15) is 19.5 Å². The quantitative estimate of drug-likeness (QED) is 0.457. The van der Waals surface area contributed by atoms with E-state index in [0.717, 1.165) is 4.90 Å². The Labute approximate surface area is 137 Å². The Hall–Kier alpha value is -2.55. The van der Waals surface area contributed by atoms with Gasteiger partial charge in [-0.15, -0.1) is 0 Å². The number of fused-ring (bicyclic) bond motifs is 1. The summed E-state index contributed by atoms with van der Waals surface area (Å²) in [6.45, 7) is 2.54. The number of carbonyl (C=O) groups excluding carboxylic acids is 2. The summed E-state index contributed by atoms with van der Waals surface area (Å²) < 4.78 is 23.9. The largest absolute Gasteiger partial charge is 0.480 e. The Bertz CT molecular complexity index is 888. The summed E-state index contributed by atoms with van der Waals surface area (Å²) in [6, 6.07) is 3.19. The van der Waals surface area contributed by atoms with Crippen molar-refractivity contribution in [3.8, 4) is 0 Å². The van der Waals surface area contributed by atoms with E-state index in [2.05, 4.69) is 4.98 Å². The van der Waals surface area contributed by atoms with Crippen molar-refractivity contribution < 1.29 is 27.9 Å². The van der Waals surface area contributed by atoms with Gasteiger partial charge in [0.15, 0.2) is 27.5 Å². The van der Waals surface area contributed by atoms with Gasteiger partial charge in [-0.25, -0.2) is 13.2 Å². The fourth-order valence-corrected chi connectivity index (χ4v) is 5.36. The summed E-state index contributed by atoms with van der Waals surface area (Å²) in [5.41, 5.74) is -0.185. The molecule has 0 aliphatic carbocycles. The van der Waals surface area contributed by atoms with Gasteiger partial charge in [0.25, 0.3) is 5.91 Å². The molecule has 0 unspecified atom stereocenters. The molecular formula is C15H14N2O6S. The van der Waals surface area contributed by atoms with Crippen molar-refractivity contribution in [1.82, 2.24) is 9.88 Å². The maximum atomic E-state index is 12.8. The van der Waals surface area contributed by atoms with E-state index >= 15 is 0 Å². The topological polar surface area (TPSA) is 122 Å². The molecule has 0 saturated carbocycles. The molecule has 126 valence electrons. The molecule has 2 aliphatic heterocycles. The summed E-state index contributed by atoms with van der Waals surface area (Å²) >= 11 is 0. The van der Waals surface area contributed by atoms with E-state index in [0.29, 0.717) is 6.29 Å². The van der Waals surface area contributed by atoms with Crippen molar-refractivity contribution in [3.05, 3.63) is 35.7 Å². The Morgan fingerprint density at radius 3 is 2.54 bits per heavy atom. The zero-order valence-electron chi connectivity index (χ0n) is 12.8. The molecule has 24 heavy (non-hydrogen) atoms. The first-order valence-electron chi connectivity index (χ1n) is 7.06. The van der Waals surface area contributed by atoms with Crippen LogP contribution in [0.15, 0.2) is 30.0 Å². The highest BCUT2D eigenvalue weighted by molar-refractivity contribution is 7.94. The molecule has 2 atom stereocenters. The van der Waals surface area contributed by atoms with Crippen LogP contribution < -0.4 is 0 Å². The number of sulfone groups is 1. The second-order valence-electron chi connectivity index (χ2n) is 6.11. The van der Waals surface area contributed by atoms with Crippen LogP contribution in [0.5, 0.6) is 0 Å². The monoisotopic (exact) mass is 350 g/mol. The normalized spacial score (nSPS) is 28.8. The highest BCUT2D eigenvalue weighted by atomic mass is 32.2. The number of hydrogen-bond acceptors (Lipinski definition) is 6. The zero-order valence-corrected chi connectivity index (χ0v) is 13.6. The van der Waals surface area contributed by atoms with E-state index in [1.165, 1.54) is 26.1 Å². The van der Waals surface area contributed by atoms with Crippen molar-refractivity contribution in [1.29, 1.82) is 0 Å². The number of amides is 1. The first-order chi connectivity index (χ1) is 11.2. The van der Waals surface area contributed by atoms with Gasteiger partial charge in [-0.2, -0.15) is 0 Å². The van der Waals surface area contributed by atoms with Gasteiger partial charge < -0.3 is 10.0 Å². The Morgan fingerprint density at radius 1 is 1.38 bits per heavy atom. The van der Waals surface area contributed by atoms with Gasteiger partial charge in [-0.05, 0) is 26.0 Å². The SMILES string of the molecule is CC1(C)[C@H](C(=O)O)N2C(=O)C(=C(C=O)c3ccccn3)[C@H]2S1(=O)=O. The highest BCUT2D eigenvalue weighted by Crippen LogP contribution is 2.49. The van der Waals surface area contributed by atoms with Crippen molar-refractivity contribution >= 4 is 33.6 Å². The molecule has 8 nitrogen and oxygen atoms in total. The molecule has 1 aromatic heterocycles. The minimum absolute atomic E-state index is 0.132. The van der Waals surface area contributed by atoms with Crippen LogP contribution in [-0.2, 0) is 24.2 Å². The number of carboxylic acids is 1. The number of hydrogen-bond donors (Lipinski definition) is 1. The van der Waals surface area contributed by atoms with Crippen molar-refractivity contribution in [2.24, 2.45) is 0 Å². The third kappa shape index (κ3) is 1.81. The summed E-state index contributed by atoms with van der Waals surface area (Å²) in [4.78, 5) is 40.2. The lowest BCUT2D eigenvalue weighted by Crippen LogP contribution is -2.59. The molecular weight excluding hydrogens is 336 g/mol. The van der Waals surface area contributed by atoms with Crippen molar-refractivity contribution in [3.63, 3.8) is 0 Å². The molecule has 1 aromatic rings. The van der Waals surface area contributed by atoms with E-state index in [4.69, 9.17) is 0 Å². The lowest BCUT2D eigenvalue weighted by atomic mass is 9.92. The van der Waals surface area contributed by atoms with E-state index < -0.39 is 37.9 Å². The predicted octanol–water partition coefficient (Wildman–Crippen LogP) is -0.137. The number of aliphatic carboxylic acids is 1. The van der Waals surface area contributed by atoms with Crippen molar-refractivity contribution in [2.75, 3.05) is 0 Å². The van der Waals surface area contributed by atoms with Crippen LogP contribution in [0.4, 0.5) is 0 Å². The van der Waals surface area contributed by atoms with Crippen molar-refractivity contribution in [2.45, 2.75) is 30.0 Å². The molecule has 0 bridgehead atoms. The Kier molecular flexibility index (Phi) is 3.38. The van der Waals surface area contributed by atoms with Gasteiger partial charge in [0.2, 0.25) is 0 Å². The molecule has 2 aliphatic rings. The number of aromatic nitrogens is 1.